The van der Waals surface area contributed by atoms with Crippen molar-refractivity contribution in [2.75, 3.05) is 20.7 Å². The predicted molar refractivity (Wildman–Crippen MR) is 111 cm³/mol. The van der Waals surface area contributed by atoms with Crippen LogP contribution in [0.2, 0.25) is 0 Å². The zero-order chi connectivity index (χ0) is 16.7. The molecule has 0 aliphatic heterocycles. The van der Waals surface area contributed by atoms with Crippen LogP contribution in [0.25, 0.3) is 0 Å². The number of halogens is 1. The maximum absolute atomic E-state index is 5.56. The molecule has 1 heterocycles. The molecule has 1 aromatic heterocycles. The maximum Gasteiger partial charge on any atom is 0.191 e. The molecule has 0 fully saturated rings. The molecule has 0 aliphatic carbocycles. The van der Waals surface area contributed by atoms with Crippen LogP contribution in [0.3, 0.4) is 0 Å². The molecular formula is C17H25IN4OS. The first-order valence-corrected chi connectivity index (χ1v) is 8.40. The van der Waals surface area contributed by atoms with Crippen molar-refractivity contribution in [3.8, 4) is 0 Å². The van der Waals surface area contributed by atoms with Crippen LogP contribution in [0.15, 0.2) is 35.3 Å². The van der Waals surface area contributed by atoms with Gasteiger partial charge in [0.2, 0.25) is 0 Å². The van der Waals surface area contributed by atoms with E-state index in [0.717, 1.165) is 28.8 Å². The van der Waals surface area contributed by atoms with Crippen molar-refractivity contribution in [2.45, 2.75) is 26.5 Å². The highest BCUT2D eigenvalue weighted by Crippen LogP contribution is 2.17. The second kappa shape index (κ2) is 10.6. The van der Waals surface area contributed by atoms with Crippen molar-refractivity contribution in [1.29, 1.82) is 0 Å². The molecule has 0 saturated heterocycles. The zero-order valence-electron chi connectivity index (χ0n) is 14.5. The van der Waals surface area contributed by atoms with E-state index in [0.29, 0.717) is 6.54 Å². The molecular weight excluding hydrogens is 435 g/mol. The van der Waals surface area contributed by atoms with E-state index in [1.54, 1.807) is 25.5 Å². The summed E-state index contributed by atoms with van der Waals surface area (Å²) in [4.78, 5) is 9.94. The molecule has 0 bridgehead atoms. The Hall–Kier alpha value is -1.19. The summed E-state index contributed by atoms with van der Waals surface area (Å²) in [5.74, 6) is 0.758. The fraction of sp³-hybridized carbons (Fsp3) is 0.412. The molecule has 5 nitrogen and oxygen atoms in total. The van der Waals surface area contributed by atoms with Gasteiger partial charge in [-0.25, -0.2) is 4.98 Å². The summed E-state index contributed by atoms with van der Waals surface area (Å²) in [7, 11) is 3.49. The topological polar surface area (TPSA) is 58.5 Å². The summed E-state index contributed by atoms with van der Waals surface area (Å²) in [6.07, 6.45) is -0.0119. The molecule has 1 aromatic carbocycles. The Morgan fingerprint density at radius 1 is 1.25 bits per heavy atom. The molecule has 24 heavy (non-hydrogen) atoms. The zero-order valence-corrected chi connectivity index (χ0v) is 17.6. The fourth-order valence-electron chi connectivity index (χ4n) is 2.32. The first kappa shape index (κ1) is 20.9. The van der Waals surface area contributed by atoms with Gasteiger partial charge in [0, 0.05) is 25.6 Å². The minimum Gasteiger partial charge on any atom is -0.375 e. The molecule has 0 amide bonds. The molecule has 1 atom stereocenters. The summed E-state index contributed by atoms with van der Waals surface area (Å²) in [5, 5.41) is 7.73. The molecule has 7 heteroatoms. The van der Waals surface area contributed by atoms with Gasteiger partial charge in [0.1, 0.15) is 0 Å². The molecule has 1 unspecified atom stereocenters. The molecule has 0 saturated carbocycles. The Morgan fingerprint density at radius 3 is 2.50 bits per heavy atom. The van der Waals surface area contributed by atoms with Crippen LogP contribution in [0.4, 0.5) is 0 Å². The van der Waals surface area contributed by atoms with Crippen molar-refractivity contribution in [2.24, 2.45) is 4.99 Å². The minimum absolute atomic E-state index is 0. The van der Waals surface area contributed by atoms with Crippen molar-refractivity contribution in [1.82, 2.24) is 15.6 Å². The number of hydrogen-bond acceptors (Lipinski definition) is 4. The van der Waals surface area contributed by atoms with Crippen molar-refractivity contribution < 1.29 is 4.74 Å². The number of guanidine groups is 1. The number of aromatic nitrogens is 1. The molecule has 2 rings (SSSR count). The largest absolute Gasteiger partial charge is 0.375 e. The lowest BCUT2D eigenvalue weighted by molar-refractivity contribution is 0.106. The van der Waals surface area contributed by atoms with Gasteiger partial charge in [0.15, 0.2) is 5.96 Å². The number of aliphatic imine (C=N–C) groups is 1. The van der Waals surface area contributed by atoms with Gasteiger partial charge in [0.05, 0.1) is 23.4 Å². The van der Waals surface area contributed by atoms with Gasteiger partial charge in [-0.05, 0) is 19.4 Å². The third-order valence-corrected chi connectivity index (χ3v) is 4.62. The highest BCUT2D eigenvalue weighted by Gasteiger charge is 2.11. The number of hydrogen-bond donors (Lipinski definition) is 2. The van der Waals surface area contributed by atoms with Crippen LogP contribution in [0.1, 0.15) is 27.2 Å². The second-order valence-electron chi connectivity index (χ2n) is 5.18. The number of methoxy groups -OCH3 is 1. The van der Waals surface area contributed by atoms with Crippen molar-refractivity contribution in [3.05, 3.63) is 51.5 Å². The third-order valence-electron chi connectivity index (χ3n) is 3.55. The van der Waals surface area contributed by atoms with Gasteiger partial charge in [0.25, 0.3) is 0 Å². The van der Waals surface area contributed by atoms with E-state index in [9.17, 15) is 0 Å². The molecule has 0 aliphatic rings. The highest BCUT2D eigenvalue weighted by molar-refractivity contribution is 14.0. The average molecular weight is 460 g/mol. The van der Waals surface area contributed by atoms with E-state index in [2.05, 4.69) is 32.7 Å². The lowest BCUT2D eigenvalue weighted by Crippen LogP contribution is -2.39. The van der Waals surface area contributed by atoms with Crippen LogP contribution in [0.5, 0.6) is 0 Å². The quantitative estimate of drug-likeness (QED) is 0.394. The van der Waals surface area contributed by atoms with Gasteiger partial charge < -0.3 is 15.4 Å². The first-order chi connectivity index (χ1) is 11.1. The van der Waals surface area contributed by atoms with Gasteiger partial charge in [-0.1, -0.05) is 30.3 Å². The molecule has 2 aromatic rings. The van der Waals surface area contributed by atoms with Crippen LogP contribution in [0, 0.1) is 13.8 Å². The molecule has 2 N–H and O–H groups in total. The number of aryl methyl sites for hydroxylation is 2. The van der Waals surface area contributed by atoms with E-state index in [4.69, 9.17) is 4.74 Å². The lowest BCUT2D eigenvalue weighted by atomic mass is 10.1. The fourth-order valence-corrected chi connectivity index (χ4v) is 3.19. The Morgan fingerprint density at radius 2 is 1.96 bits per heavy atom. The number of thiazole rings is 1. The maximum atomic E-state index is 5.56. The predicted octanol–water partition coefficient (Wildman–Crippen LogP) is 3.43. The third kappa shape index (κ3) is 6.03. The summed E-state index contributed by atoms with van der Waals surface area (Å²) >= 11 is 1.71. The van der Waals surface area contributed by atoms with Crippen LogP contribution in [-0.2, 0) is 11.3 Å². The van der Waals surface area contributed by atoms with E-state index >= 15 is 0 Å². The molecule has 0 radical (unpaired) electrons. The van der Waals surface area contributed by atoms with E-state index in [1.807, 2.05) is 32.0 Å². The standard InChI is InChI=1S/C17H24N4OS.HI/c1-12-16(23-13(2)21-12)11-20-17(18-3)19-10-15(22-4)14-8-6-5-7-9-14;/h5-9,15H,10-11H2,1-4H3,(H2,18,19,20);1H. The summed E-state index contributed by atoms with van der Waals surface area (Å²) in [5.41, 5.74) is 2.22. The van der Waals surface area contributed by atoms with Crippen LogP contribution in [-0.4, -0.2) is 31.6 Å². The van der Waals surface area contributed by atoms with Crippen molar-refractivity contribution >= 4 is 41.3 Å². The minimum atomic E-state index is -0.0119. The van der Waals surface area contributed by atoms with E-state index < -0.39 is 0 Å². The van der Waals surface area contributed by atoms with Gasteiger partial charge in [-0.15, -0.1) is 35.3 Å². The summed E-state index contributed by atoms with van der Waals surface area (Å²) in [6, 6.07) is 10.2. The van der Waals surface area contributed by atoms with Crippen LogP contribution < -0.4 is 10.6 Å². The van der Waals surface area contributed by atoms with Gasteiger partial charge in [-0.3, -0.25) is 4.99 Å². The van der Waals surface area contributed by atoms with Crippen molar-refractivity contribution in [3.63, 3.8) is 0 Å². The van der Waals surface area contributed by atoms with E-state index in [-0.39, 0.29) is 30.1 Å². The summed E-state index contributed by atoms with van der Waals surface area (Å²) < 4.78 is 5.56. The lowest BCUT2D eigenvalue weighted by Gasteiger charge is -2.18. The van der Waals surface area contributed by atoms with Gasteiger partial charge >= 0.3 is 0 Å². The number of rotatable bonds is 6. The highest BCUT2D eigenvalue weighted by atomic mass is 127. The first-order valence-electron chi connectivity index (χ1n) is 7.59. The average Bonchev–Trinajstić information content (AvgIpc) is 2.89. The van der Waals surface area contributed by atoms with E-state index in [1.165, 1.54) is 4.88 Å². The number of nitrogens with one attached hydrogen (secondary N) is 2. The Kier molecular flexibility index (Phi) is 9.24. The second-order valence-corrected chi connectivity index (χ2v) is 6.47. The number of benzene rings is 1. The number of nitrogens with zero attached hydrogens (tertiary/aromatic N) is 2. The van der Waals surface area contributed by atoms with Gasteiger partial charge in [-0.2, -0.15) is 0 Å². The van der Waals surface area contributed by atoms with Crippen LogP contribution >= 0.6 is 35.3 Å². The molecule has 0 spiro atoms. The smallest absolute Gasteiger partial charge is 0.191 e. The Balaban J connectivity index is 0.00000288. The Bertz CT molecular complexity index is 645. The monoisotopic (exact) mass is 460 g/mol. The number of ether oxygens (including phenoxy) is 1. The summed E-state index contributed by atoms with van der Waals surface area (Å²) in [6.45, 7) is 5.44. The SMILES string of the molecule is CN=C(NCc1sc(C)nc1C)NCC(OC)c1ccccc1.I. The normalized spacial score (nSPS) is 12.4. The molecule has 132 valence electrons. The Labute approximate surface area is 165 Å².